The third-order valence-electron chi connectivity index (χ3n) is 4.81. The lowest BCUT2D eigenvalue weighted by Gasteiger charge is -2.21. The SMILES string of the molecule is COc1ccc(CC(OC(C)C)C(=O)O)c(OC)c1CNC(=O)c1ccc(C(F)(F)F)cc1F. The summed E-state index contributed by atoms with van der Waals surface area (Å²) in [5, 5.41) is 11.9. The number of carboxylic acids is 1. The third kappa shape index (κ3) is 6.60. The van der Waals surface area contributed by atoms with Crippen molar-refractivity contribution in [1.82, 2.24) is 5.32 Å². The minimum atomic E-state index is -4.75. The van der Waals surface area contributed by atoms with Gasteiger partial charge in [-0.1, -0.05) is 6.07 Å². The molecule has 2 rings (SSSR count). The van der Waals surface area contributed by atoms with Gasteiger partial charge in [0.05, 0.1) is 43.6 Å². The van der Waals surface area contributed by atoms with Gasteiger partial charge in [-0.05, 0) is 43.7 Å². The highest BCUT2D eigenvalue weighted by Crippen LogP contribution is 2.34. The maximum absolute atomic E-state index is 14.2. The molecule has 1 atom stereocenters. The van der Waals surface area contributed by atoms with Crippen LogP contribution in [0.15, 0.2) is 30.3 Å². The van der Waals surface area contributed by atoms with Gasteiger partial charge in [0.25, 0.3) is 5.91 Å². The number of nitrogens with one attached hydrogen (secondary N) is 1. The Balaban J connectivity index is 2.31. The molecule has 0 aliphatic heterocycles. The second-order valence-corrected chi connectivity index (χ2v) is 7.53. The lowest BCUT2D eigenvalue weighted by atomic mass is 10.0. The molecule has 0 bridgehead atoms. The first-order valence-electron chi connectivity index (χ1n) is 10.1. The van der Waals surface area contributed by atoms with Crippen molar-refractivity contribution in [3.63, 3.8) is 0 Å². The van der Waals surface area contributed by atoms with E-state index in [1.54, 1.807) is 26.0 Å². The normalized spacial score (nSPS) is 12.4. The highest BCUT2D eigenvalue weighted by Gasteiger charge is 2.32. The van der Waals surface area contributed by atoms with Crippen molar-refractivity contribution >= 4 is 11.9 Å². The topological polar surface area (TPSA) is 94.1 Å². The Morgan fingerprint density at radius 3 is 2.26 bits per heavy atom. The lowest BCUT2D eigenvalue weighted by Crippen LogP contribution is -2.29. The van der Waals surface area contributed by atoms with Gasteiger partial charge in [-0.15, -0.1) is 0 Å². The molecule has 2 aromatic carbocycles. The average Bonchev–Trinajstić information content (AvgIpc) is 2.75. The van der Waals surface area contributed by atoms with Crippen LogP contribution in [0.1, 0.15) is 40.9 Å². The van der Waals surface area contributed by atoms with Crippen molar-refractivity contribution in [1.29, 1.82) is 0 Å². The number of hydrogen-bond acceptors (Lipinski definition) is 5. The monoisotopic (exact) mass is 487 g/mol. The molecule has 186 valence electrons. The van der Waals surface area contributed by atoms with Crippen LogP contribution in [-0.4, -0.2) is 43.4 Å². The van der Waals surface area contributed by atoms with Gasteiger partial charge in [0.2, 0.25) is 0 Å². The molecule has 34 heavy (non-hydrogen) atoms. The zero-order valence-electron chi connectivity index (χ0n) is 19.0. The summed E-state index contributed by atoms with van der Waals surface area (Å²) in [6, 6.07) is 4.75. The number of methoxy groups -OCH3 is 2. The first-order valence-corrected chi connectivity index (χ1v) is 10.1. The van der Waals surface area contributed by atoms with Crippen LogP contribution in [0.25, 0.3) is 0 Å². The van der Waals surface area contributed by atoms with Gasteiger partial charge in [0.15, 0.2) is 6.10 Å². The van der Waals surface area contributed by atoms with Gasteiger partial charge in [-0.25, -0.2) is 9.18 Å². The number of alkyl halides is 3. The molecule has 2 aromatic rings. The number of rotatable bonds is 10. The number of benzene rings is 2. The second kappa shape index (κ2) is 11.2. The van der Waals surface area contributed by atoms with Crippen molar-refractivity contribution in [3.8, 4) is 11.5 Å². The molecule has 2 N–H and O–H groups in total. The number of amides is 1. The van der Waals surface area contributed by atoms with Gasteiger partial charge in [-0.2, -0.15) is 13.2 Å². The van der Waals surface area contributed by atoms with Crippen molar-refractivity contribution in [2.75, 3.05) is 14.2 Å². The van der Waals surface area contributed by atoms with Crippen molar-refractivity contribution in [2.45, 2.75) is 45.2 Å². The smallest absolute Gasteiger partial charge is 0.416 e. The number of hydrogen-bond donors (Lipinski definition) is 2. The molecule has 11 heteroatoms. The molecule has 1 unspecified atom stereocenters. The number of carbonyl (C=O) groups is 2. The fraction of sp³-hybridized carbons (Fsp3) is 0.391. The summed E-state index contributed by atoms with van der Waals surface area (Å²) >= 11 is 0. The van der Waals surface area contributed by atoms with E-state index in [0.717, 1.165) is 6.07 Å². The van der Waals surface area contributed by atoms with E-state index in [-0.39, 0.29) is 30.9 Å². The molecule has 0 radical (unpaired) electrons. The summed E-state index contributed by atoms with van der Waals surface area (Å²) in [5.41, 5.74) is -0.995. The highest BCUT2D eigenvalue weighted by atomic mass is 19.4. The fourth-order valence-electron chi connectivity index (χ4n) is 3.29. The first-order chi connectivity index (χ1) is 15.9. The highest BCUT2D eigenvalue weighted by molar-refractivity contribution is 5.94. The van der Waals surface area contributed by atoms with Crippen LogP contribution in [-0.2, 0) is 28.7 Å². The van der Waals surface area contributed by atoms with Gasteiger partial charge >= 0.3 is 12.1 Å². The minimum Gasteiger partial charge on any atom is -0.496 e. The molecule has 0 spiro atoms. The van der Waals surface area contributed by atoms with Crippen LogP contribution in [0.5, 0.6) is 11.5 Å². The zero-order chi connectivity index (χ0) is 25.6. The van der Waals surface area contributed by atoms with Gasteiger partial charge in [-0.3, -0.25) is 4.79 Å². The molecule has 0 saturated carbocycles. The Hall–Kier alpha value is -3.34. The van der Waals surface area contributed by atoms with E-state index in [9.17, 15) is 32.3 Å². The Labute approximate surface area is 193 Å². The van der Waals surface area contributed by atoms with E-state index >= 15 is 0 Å². The molecular weight excluding hydrogens is 462 g/mol. The van der Waals surface area contributed by atoms with Gasteiger partial charge < -0.3 is 24.6 Å². The quantitative estimate of drug-likeness (QED) is 0.488. The van der Waals surface area contributed by atoms with E-state index in [1.807, 2.05) is 0 Å². The number of ether oxygens (including phenoxy) is 3. The van der Waals surface area contributed by atoms with E-state index in [4.69, 9.17) is 14.2 Å². The maximum atomic E-state index is 14.2. The van der Waals surface area contributed by atoms with E-state index in [0.29, 0.717) is 22.9 Å². The molecule has 0 aliphatic carbocycles. The number of carbonyl (C=O) groups excluding carboxylic acids is 1. The largest absolute Gasteiger partial charge is 0.496 e. The minimum absolute atomic E-state index is 0.0465. The second-order valence-electron chi connectivity index (χ2n) is 7.53. The average molecular weight is 487 g/mol. The van der Waals surface area contributed by atoms with E-state index in [1.165, 1.54) is 14.2 Å². The first kappa shape index (κ1) is 26.9. The van der Waals surface area contributed by atoms with E-state index < -0.39 is 41.1 Å². The van der Waals surface area contributed by atoms with Gasteiger partial charge in [0, 0.05) is 6.42 Å². The third-order valence-corrected chi connectivity index (χ3v) is 4.81. The predicted octanol–water partition coefficient (Wildman–Crippen LogP) is 4.21. The fourth-order valence-corrected chi connectivity index (χ4v) is 3.29. The Kier molecular flexibility index (Phi) is 8.86. The Morgan fingerprint density at radius 1 is 1.09 bits per heavy atom. The molecule has 0 fully saturated rings. The molecule has 0 aromatic heterocycles. The van der Waals surface area contributed by atoms with Crippen molar-refractivity contribution < 1.29 is 46.5 Å². The van der Waals surface area contributed by atoms with Crippen molar-refractivity contribution in [2.24, 2.45) is 0 Å². The van der Waals surface area contributed by atoms with E-state index in [2.05, 4.69) is 5.32 Å². The standard InChI is InChI=1S/C23H25F4NO6/c1-12(2)34-19(22(30)31)9-13-5-8-18(32-3)16(20(13)33-4)11-28-21(29)15-7-6-14(10-17(15)24)23(25,26)27/h5-8,10,12,19H,9,11H2,1-4H3,(H,28,29)(H,30,31). The summed E-state index contributed by atoms with van der Waals surface area (Å²) in [5.74, 6) is -2.92. The summed E-state index contributed by atoms with van der Waals surface area (Å²) in [6.07, 6.45) is -6.30. The summed E-state index contributed by atoms with van der Waals surface area (Å²) in [4.78, 5) is 24.0. The number of carboxylic acid groups (broad SMARTS) is 1. The van der Waals surface area contributed by atoms with Gasteiger partial charge in [0.1, 0.15) is 17.3 Å². The zero-order valence-corrected chi connectivity index (χ0v) is 19.0. The van der Waals surface area contributed by atoms with Crippen LogP contribution in [0.3, 0.4) is 0 Å². The lowest BCUT2D eigenvalue weighted by molar-refractivity contribution is -0.153. The predicted molar refractivity (Wildman–Crippen MR) is 113 cm³/mol. The van der Waals surface area contributed by atoms with Crippen LogP contribution < -0.4 is 14.8 Å². The summed E-state index contributed by atoms with van der Waals surface area (Å²) in [7, 11) is 2.72. The number of halogens is 4. The van der Waals surface area contributed by atoms with Crippen LogP contribution in [0.2, 0.25) is 0 Å². The molecule has 0 saturated heterocycles. The van der Waals surface area contributed by atoms with Crippen molar-refractivity contribution in [3.05, 3.63) is 58.4 Å². The Bertz CT molecular complexity index is 1040. The number of aliphatic carboxylic acids is 1. The van der Waals surface area contributed by atoms with Crippen LogP contribution >= 0.6 is 0 Å². The molecule has 0 aliphatic rings. The summed E-state index contributed by atoms with van der Waals surface area (Å²) in [6.45, 7) is 3.16. The van der Waals surface area contributed by atoms with Crippen LogP contribution in [0.4, 0.5) is 17.6 Å². The molecule has 7 nitrogen and oxygen atoms in total. The Morgan fingerprint density at radius 2 is 1.76 bits per heavy atom. The molecule has 1 amide bonds. The summed E-state index contributed by atoms with van der Waals surface area (Å²) < 4.78 is 68.6. The van der Waals surface area contributed by atoms with Crippen LogP contribution in [0, 0.1) is 5.82 Å². The maximum Gasteiger partial charge on any atom is 0.416 e. The molecular formula is C23H25F4NO6. The molecule has 0 heterocycles.